The molecule has 0 saturated carbocycles. The van der Waals surface area contributed by atoms with Crippen LogP contribution in [0.25, 0.3) is 10.8 Å². The van der Waals surface area contributed by atoms with Crippen molar-refractivity contribution in [3.8, 4) is 6.07 Å². The third-order valence-corrected chi connectivity index (χ3v) is 5.12. The summed E-state index contributed by atoms with van der Waals surface area (Å²) in [4.78, 5) is 10.0. The van der Waals surface area contributed by atoms with Crippen LogP contribution in [0.2, 0.25) is 0 Å². The van der Waals surface area contributed by atoms with Crippen molar-refractivity contribution in [1.29, 1.82) is 5.26 Å². The Morgan fingerprint density at radius 3 is 1.72 bits per heavy atom. The second kappa shape index (κ2) is 7.18. The second-order valence-electron chi connectivity index (χ2n) is 7.04. The molecule has 29 heavy (non-hydrogen) atoms. The van der Waals surface area contributed by atoms with Crippen LogP contribution < -0.4 is 0 Å². The van der Waals surface area contributed by atoms with Gasteiger partial charge in [0.2, 0.25) is 0 Å². The van der Waals surface area contributed by atoms with Gasteiger partial charge in [0.25, 0.3) is 0 Å². The summed E-state index contributed by atoms with van der Waals surface area (Å²) >= 11 is 0. The average molecular weight is 371 g/mol. The van der Waals surface area contributed by atoms with E-state index in [4.69, 9.17) is 9.98 Å². The first-order valence-corrected chi connectivity index (χ1v) is 9.54. The number of rotatable bonds is 2. The van der Waals surface area contributed by atoms with Gasteiger partial charge in [0.15, 0.2) is 0 Å². The molecule has 0 aromatic heterocycles. The van der Waals surface area contributed by atoms with Gasteiger partial charge in [-0.2, -0.15) is 5.26 Å². The minimum absolute atomic E-state index is 0.645. The van der Waals surface area contributed by atoms with E-state index in [2.05, 4.69) is 36.4 Å². The van der Waals surface area contributed by atoms with Gasteiger partial charge in [-0.15, -0.1) is 0 Å². The summed E-state index contributed by atoms with van der Waals surface area (Å²) in [6.45, 7) is 0. The Labute approximate surface area is 169 Å². The zero-order chi connectivity index (χ0) is 19.6. The monoisotopic (exact) mass is 371 g/mol. The number of nitriles is 1. The molecule has 4 aromatic carbocycles. The molecule has 4 aromatic rings. The van der Waals surface area contributed by atoms with E-state index < -0.39 is 0 Å². The van der Waals surface area contributed by atoms with E-state index in [0.717, 1.165) is 44.7 Å². The molecule has 0 amide bonds. The fourth-order valence-corrected chi connectivity index (χ4v) is 3.65. The van der Waals surface area contributed by atoms with Crippen LogP contribution in [0.1, 0.15) is 23.1 Å². The molecule has 0 spiro atoms. The minimum Gasteiger partial charge on any atom is -0.250 e. The van der Waals surface area contributed by atoms with E-state index >= 15 is 0 Å². The number of benzene rings is 4. The highest BCUT2D eigenvalue weighted by Gasteiger charge is 2.17. The molecular formula is C26H17N3. The molecule has 0 fully saturated rings. The summed E-state index contributed by atoms with van der Waals surface area (Å²) in [5, 5.41) is 11.3. The maximum Gasteiger partial charge on any atom is 0.0991 e. The number of nitrogens with zero attached hydrogens (tertiary/aromatic N) is 3. The Kier molecular flexibility index (Phi) is 4.23. The summed E-state index contributed by atoms with van der Waals surface area (Å²) in [7, 11) is 0. The molecule has 3 heteroatoms. The first-order valence-electron chi connectivity index (χ1n) is 9.54. The van der Waals surface area contributed by atoms with Crippen LogP contribution in [-0.2, 0) is 0 Å². The summed E-state index contributed by atoms with van der Waals surface area (Å²) in [6.07, 6.45) is 0.655. The molecule has 3 nitrogen and oxygen atoms in total. The lowest BCUT2D eigenvalue weighted by Crippen LogP contribution is -2.09. The van der Waals surface area contributed by atoms with Crippen molar-refractivity contribution in [3.05, 3.63) is 108 Å². The fourth-order valence-electron chi connectivity index (χ4n) is 3.65. The fraction of sp³-hybridized carbons (Fsp3) is 0.0385. The summed E-state index contributed by atoms with van der Waals surface area (Å²) in [5.41, 5.74) is 6.51. The summed E-state index contributed by atoms with van der Waals surface area (Å²) in [6, 6.07) is 32.5. The number of aliphatic imine (C=N–C) groups is 2. The Balaban J connectivity index is 1.75. The molecule has 1 heterocycles. The van der Waals surface area contributed by atoms with Crippen LogP contribution in [-0.4, -0.2) is 11.4 Å². The predicted octanol–water partition coefficient (Wildman–Crippen LogP) is 6.36. The highest BCUT2D eigenvalue weighted by molar-refractivity contribution is 6.20. The van der Waals surface area contributed by atoms with Crippen LogP contribution in [0.3, 0.4) is 0 Å². The molecule has 0 bridgehead atoms. The van der Waals surface area contributed by atoms with E-state index in [-0.39, 0.29) is 0 Å². The molecule has 0 N–H and O–H groups in total. The quantitative estimate of drug-likeness (QED) is 0.404. The maximum absolute atomic E-state index is 9.23. The third-order valence-electron chi connectivity index (χ3n) is 5.12. The molecule has 1 aliphatic heterocycles. The van der Waals surface area contributed by atoms with Gasteiger partial charge in [0.05, 0.1) is 34.4 Å². The smallest absolute Gasteiger partial charge is 0.0991 e. The SMILES string of the molecule is N#Cc1ccc2cc3c(cc2c1)N=C(c1ccccc1)CC(c1ccccc1)=N3. The number of hydrogen-bond donors (Lipinski definition) is 0. The van der Waals surface area contributed by atoms with Gasteiger partial charge in [-0.1, -0.05) is 66.7 Å². The molecule has 0 aliphatic carbocycles. The molecule has 136 valence electrons. The van der Waals surface area contributed by atoms with Crippen molar-refractivity contribution < 1.29 is 0 Å². The summed E-state index contributed by atoms with van der Waals surface area (Å²) in [5.74, 6) is 0. The first kappa shape index (κ1) is 17.1. The van der Waals surface area contributed by atoms with Gasteiger partial charge < -0.3 is 0 Å². The minimum atomic E-state index is 0.645. The molecule has 0 atom stereocenters. The zero-order valence-corrected chi connectivity index (χ0v) is 15.7. The van der Waals surface area contributed by atoms with Crippen LogP contribution in [0, 0.1) is 11.3 Å². The van der Waals surface area contributed by atoms with Crippen molar-refractivity contribution in [1.82, 2.24) is 0 Å². The zero-order valence-electron chi connectivity index (χ0n) is 15.7. The average Bonchev–Trinajstić information content (AvgIpc) is 2.97. The van der Waals surface area contributed by atoms with Crippen molar-refractivity contribution in [2.75, 3.05) is 0 Å². The Hall–Kier alpha value is -4.03. The topological polar surface area (TPSA) is 48.5 Å². The van der Waals surface area contributed by atoms with E-state index in [1.807, 2.05) is 60.7 Å². The first-order chi connectivity index (χ1) is 14.3. The van der Waals surface area contributed by atoms with E-state index in [1.165, 1.54) is 0 Å². The highest BCUT2D eigenvalue weighted by Crippen LogP contribution is 2.37. The highest BCUT2D eigenvalue weighted by atomic mass is 14.9. The van der Waals surface area contributed by atoms with Gasteiger partial charge in [-0.25, -0.2) is 0 Å². The van der Waals surface area contributed by atoms with Gasteiger partial charge in [0.1, 0.15) is 0 Å². The molecule has 5 rings (SSSR count). The Bertz CT molecular complexity index is 1310. The van der Waals surface area contributed by atoms with E-state index in [9.17, 15) is 5.26 Å². The summed E-state index contributed by atoms with van der Waals surface area (Å²) < 4.78 is 0. The van der Waals surface area contributed by atoms with E-state index in [1.54, 1.807) is 0 Å². The standard InChI is InChI=1S/C26H17N3/c27-17-18-11-12-21-14-25-26(15-22(21)13-18)29-24(20-9-5-2-6-10-20)16-23(28-25)19-7-3-1-4-8-19/h1-15H,16H2. The Morgan fingerprint density at radius 1 is 0.621 bits per heavy atom. The number of fused-ring (bicyclic) bond motifs is 2. The molecule has 0 unspecified atom stereocenters. The third kappa shape index (κ3) is 3.33. The van der Waals surface area contributed by atoms with Crippen LogP contribution in [0.5, 0.6) is 0 Å². The van der Waals surface area contributed by atoms with Crippen LogP contribution in [0.4, 0.5) is 11.4 Å². The molecule has 1 aliphatic rings. The molecule has 0 radical (unpaired) electrons. The predicted molar refractivity (Wildman–Crippen MR) is 119 cm³/mol. The maximum atomic E-state index is 9.23. The normalized spacial score (nSPS) is 13.1. The van der Waals surface area contributed by atoms with Crippen molar-refractivity contribution >= 4 is 33.6 Å². The second-order valence-corrected chi connectivity index (χ2v) is 7.04. The Morgan fingerprint density at radius 2 is 1.17 bits per heavy atom. The lowest BCUT2D eigenvalue weighted by molar-refractivity contribution is 1.44. The molecular weight excluding hydrogens is 354 g/mol. The number of hydrogen-bond acceptors (Lipinski definition) is 3. The van der Waals surface area contributed by atoms with Crippen molar-refractivity contribution in [3.63, 3.8) is 0 Å². The van der Waals surface area contributed by atoms with Crippen molar-refractivity contribution in [2.45, 2.75) is 6.42 Å². The lowest BCUT2D eigenvalue weighted by atomic mass is 10.00. The van der Waals surface area contributed by atoms with Crippen LogP contribution >= 0.6 is 0 Å². The van der Waals surface area contributed by atoms with Gasteiger partial charge >= 0.3 is 0 Å². The van der Waals surface area contributed by atoms with E-state index in [0.29, 0.717) is 12.0 Å². The van der Waals surface area contributed by atoms with Crippen molar-refractivity contribution in [2.24, 2.45) is 9.98 Å². The lowest BCUT2D eigenvalue weighted by Gasteiger charge is -2.07. The van der Waals surface area contributed by atoms with Gasteiger partial charge in [-0.05, 0) is 46.2 Å². The van der Waals surface area contributed by atoms with Crippen LogP contribution in [0.15, 0.2) is 101 Å². The van der Waals surface area contributed by atoms with Gasteiger partial charge in [-0.3, -0.25) is 9.98 Å². The largest absolute Gasteiger partial charge is 0.250 e. The molecule has 0 saturated heterocycles. The van der Waals surface area contributed by atoms with Gasteiger partial charge in [0, 0.05) is 6.42 Å².